The molecule has 0 radical (unpaired) electrons. The van der Waals surface area contributed by atoms with Crippen LogP contribution in [0.15, 0.2) is 24.3 Å². The molecule has 1 saturated heterocycles. The first-order chi connectivity index (χ1) is 12.6. The highest BCUT2D eigenvalue weighted by Gasteiger charge is 2.27. The summed E-state index contributed by atoms with van der Waals surface area (Å²) in [5.74, 6) is 0.00838. The lowest BCUT2D eigenvalue weighted by molar-refractivity contribution is -0.121. The molecule has 3 rings (SSSR count). The molecule has 1 fully saturated rings. The second-order valence-corrected chi connectivity index (χ2v) is 7.76. The summed E-state index contributed by atoms with van der Waals surface area (Å²) in [6, 6.07) is 8.16. The van der Waals surface area contributed by atoms with Crippen LogP contribution in [0.25, 0.3) is 0 Å². The lowest BCUT2D eigenvalue weighted by Crippen LogP contribution is -2.45. The van der Waals surface area contributed by atoms with Gasteiger partial charge in [-0.3, -0.25) is 4.79 Å². The van der Waals surface area contributed by atoms with Crippen molar-refractivity contribution in [3.63, 3.8) is 0 Å². The first-order valence-corrected chi connectivity index (χ1v) is 9.63. The predicted octanol–water partition coefficient (Wildman–Crippen LogP) is 1.65. The van der Waals surface area contributed by atoms with E-state index in [-0.39, 0.29) is 17.4 Å². The molecule has 0 saturated carbocycles. The maximum atomic E-state index is 12.3. The van der Waals surface area contributed by atoms with Gasteiger partial charge in [-0.1, -0.05) is 31.2 Å². The molecule has 2 aliphatic heterocycles. The number of piperidine rings is 1. The van der Waals surface area contributed by atoms with Crippen molar-refractivity contribution >= 4 is 11.9 Å². The number of urea groups is 1. The predicted molar refractivity (Wildman–Crippen MR) is 102 cm³/mol. The van der Waals surface area contributed by atoms with Gasteiger partial charge in [-0.2, -0.15) is 0 Å². The van der Waals surface area contributed by atoms with Crippen LogP contribution >= 0.6 is 0 Å². The summed E-state index contributed by atoms with van der Waals surface area (Å²) < 4.78 is 0. The number of rotatable bonds is 5. The number of fused-ring (bicyclic) bond motifs is 1. The van der Waals surface area contributed by atoms with Crippen LogP contribution in [0.1, 0.15) is 37.3 Å². The number of hydrogen-bond donors (Lipinski definition) is 3. The van der Waals surface area contributed by atoms with Gasteiger partial charge in [0.15, 0.2) is 0 Å². The molecule has 0 aliphatic carbocycles. The minimum atomic E-state index is -0.0855. The van der Waals surface area contributed by atoms with Crippen LogP contribution in [0.4, 0.5) is 4.79 Å². The Balaban J connectivity index is 1.35. The van der Waals surface area contributed by atoms with Crippen LogP contribution in [0.5, 0.6) is 0 Å². The SMILES string of the molecule is CC1(CNC(=O)CCNC(=O)N2CCc3ccccc3C2)CCNCC1. The molecule has 3 N–H and O–H groups in total. The van der Waals surface area contributed by atoms with E-state index in [2.05, 4.69) is 35.0 Å². The van der Waals surface area contributed by atoms with Crippen molar-refractivity contribution in [3.05, 3.63) is 35.4 Å². The molecule has 2 heterocycles. The van der Waals surface area contributed by atoms with Crippen LogP contribution in [0.2, 0.25) is 0 Å². The Morgan fingerprint density at radius 2 is 1.88 bits per heavy atom. The van der Waals surface area contributed by atoms with Crippen molar-refractivity contribution in [1.82, 2.24) is 20.9 Å². The number of amides is 3. The highest BCUT2D eigenvalue weighted by atomic mass is 16.2. The van der Waals surface area contributed by atoms with Gasteiger partial charge in [0.2, 0.25) is 5.91 Å². The monoisotopic (exact) mass is 358 g/mol. The van der Waals surface area contributed by atoms with Gasteiger partial charge < -0.3 is 20.9 Å². The molecule has 2 aliphatic rings. The van der Waals surface area contributed by atoms with E-state index in [1.165, 1.54) is 11.1 Å². The average Bonchev–Trinajstić information content (AvgIpc) is 2.66. The van der Waals surface area contributed by atoms with Gasteiger partial charge >= 0.3 is 6.03 Å². The second-order valence-electron chi connectivity index (χ2n) is 7.76. The maximum absolute atomic E-state index is 12.3. The first kappa shape index (κ1) is 18.7. The van der Waals surface area contributed by atoms with Crippen LogP contribution in [0, 0.1) is 5.41 Å². The zero-order valence-electron chi connectivity index (χ0n) is 15.6. The van der Waals surface area contributed by atoms with Crippen molar-refractivity contribution in [2.45, 2.75) is 39.2 Å². The molecule has 0 atom stereocenters. The quantitative estimate of drug-likeness (QED) is 0.749. The van der Waals surface area contributed by atoms with E-state index in [4.69, 9.17) is 0 Å². The fourth-order valence-corrected chi connectivity index (χ4v) is 3.67. The zero-order chi connectivity index (χ0) is 18.4. The largest absolute Gasteiger partial charge is 0.355 e. The third-order valence-corrected chi connectivity index (χ3v) is 5.57. The zero-order valence-corrected chi connectivity index (χ0v) is 15.6. The van der Waals surface area contributed by atoms with E-state index in [1.807, 2.05) is 17.0 Å². The second kappa shape index (κ2) is 8.54. The smallest absolute Gasteiger partial charge is 0.317 e. The molecule has 26 heavy (non-hydrogen) atoms. The fourth-order valence-electron chi connectivity index (χ4n) is 3.67. The molecule has 1 aromatic rings. The van der Waals surface area contributed by atoms with Crippen LogP contribution in [0.3, 0.4) is 0 Å². The number of benzene rings is 1. The van der Waals surface area contributed by atoms with Gasteiger partial charge in [0, 0.05) is 32.6 Å². The minimum absolute atomic E-state index is 0.00838. The summed E-state index contributed by atoms with van der Waals surface area (Å²) in [6.45, 7) is 6.71. The molecule has 0 unspecified atom stereocenters. The van der Waals surface area contributed by atoms with Crippen LogP contribution in [-0.4, -0.2) is 49.6 Å². The Morgan fingerprint density at radius 1 is 1.15 bits per heavy atom. The van der Waals surface area contributed by atoms with Crippen molar-refractivity contribution < 1.29 is 9.59 Å². The van der Waals surface area contributed by atoms with E-state index in [9.17, 15) is 9.59 Å². The number of carbonyl (C=O) groups is 2. The lowest BCUT2D eigenvalue weighted by Gasteiger charge is -2.34. The van der Waals surface area contributed by atoms with Crippen molar-refractivity contribution in [2.75, 3.05) is 32.7 Å². The van der Waals surface area contributed by atoms with E-state index in [0.717, 1.165) is 38.9 Å². The van der Waals surface area contributed by atoms with Gasteiger partial charge in [0.1, 0.15) is 0 Å². The third-order valence-electron chi connectivity index (χ3n) is 5.57. The van der Waals surface area contributed by atoms with Crippen molar-refractivity contribution in [1.29, 1.82) is 0 Å². The average molecular weight is 358 g/mol. The Morgan fingerprint density at radius 3 is 2.65 bits per heavy atom. The minimum Gasteiger partial charge on any atom is -0.355 e. The normalized spacial score (nSPS) is 18.7. The molecule has 3 amide bonds. The Hall–Kier alpha value is -2.08. The van der Waals surface area contributed by atoms with E-state index < -0.39 is 0 Å². The summed E-state index contributed by atoms with van der Waals surface area (Å²) in [7, 11) is 0. The molecular formula is C20H30N4O2. The lowest BCUT2D eigenvalue weighted by atomic mass is 9.81. The fraction of sp³-hybridized carbons (Fsp3) is 0.600. The summed E-state index contributed by atoms with van der Waals surface area (Å²) in [5.41, 5.74) is 2.72. The van der Waals surface area contributed by atoms with Gasteiger partial charge in [-0.05, 0) is 48.9 Å². The molecule has 6 nitrogen and oxygen atoms in total. The first-order valence-electron chi connectivity index (χ1n) is 9.63. The van der Waals surface area contributed by atoms with Gasteiger partial charge in [0.25, 0.3) is 0 Å². The van der Waals surface area contributed by atoms with Crippen molar-refractivity contribution in [2.24, 2.45) is 5.41 Å². The number of nitrogens with zero attached hydrogens (tertiary/aromatic N) is 1. The van der Waals surface area contributed by atoms with Gasteiger partial charge in [-0.15, -0.1) is 0 Å². The summed E-state index contributed by atoms with van der Waals surface area (Å²) in [4.78, 5) is 26.2. The maximum Gasteiger partial charge on any atom is 0.317 e. The molecule has 0 spiro atoms. The molecule has 6 heteroatoms. The summed E-state index contributed by atoms with van der Waals surface area (Å²) in [6.07, 6.45) is 3.38. The standard InChI is InChI=1S/C20H30N4O2/c1-20(8-11-21-12-9-20)15-23-18(25)6-10-22-19(26)24-13-7-16-4-2-3-5-17(16)14-24/h2-5,21H,6-15H2,1H3,(H,22,26)(H,23,25). The molecule has 0 bridgehead atoms. The van der Waals surface area contributed by atoms with Gasteiger partial charge in [0.05, 0.1) is 0 Å². The summed E-state index contributed by atoms with van der Waals surface area (Å²) in [5, 5.41) is 9.25. The Bertz CT molecular complexity index is 640. The topological polar surface area (TPSA) is 73.5 Å². The van der Waals surface area contributed by atoms with Crippen LogP contribution in [-0.2, 0) is 17.8 Å². The number of hydrogen-bond acceptors (Lipinski definition) is 3. The molecule has 1 aromatic carbocycles. The Kier molecular flexibility index (Phi) is 6.14. The highest BCUT2D eigenvalue weighted by Crippen LogP contribution is 2.26. The van der Waals surface area contributed by atoms with E-state index in [0.29, 0.717) is 26.1 Å². The molecular weight excluding hydrogens is 328 g/mol. The summed E-state index contributed by atoms with van der Waals surface area (Å²) >= 11 is 0. The van der Waals surface area contributed by atoms with Crippen LogP contribution < -0.4 is 16.0 Å². The Labute approximate surface area is 155 Å². The molecule has 142 valence electrons. The van der Waals surface area contributed by atoms with E-state index >= 15 is 0 Å². The highest BCUT2D eigenvalue weighted by molar-refractivity contribution is 5.78. The molecule has 0 aromatic heterocycles. The number of nitrogens with one attached hydrogen (secondary N) is 3. The van der Waals surface area contributed by atoms with Gasteiger partial charge in [-0.25, -0.2) is 4.79 Å². The number of carbonyl (C=O) groups excluding carboxylic acids is 2. The van der Waals surface area contributed by atoms with Crippen molar-refractivity contribution in [3.8, 4) is 0 Å². The van der Waals surface area contributed by atoms with E-state index in [1.54, 1.807) is 0 Å². The third kappa shape index (κ3) is 4.97.